The summed E-state index contributed by atoms with van der Waals surface area (Å²) >= 11 is 0. The fraction of sp³-hybridized carbons (Fsp3) is 0.550. The predicted molar refractivity (Wildman–Crippen MR) is 175 cm³/mol. The summed E-state index contributed by atoms with van der Waals surface area (Å²) in [4.78, 5) is 0. The van der Waals surface area contributed by atoms with Crippen LogP contribution in [0.15, 0.2) is 54.6 Å². The van der Waals surface area contributed by atoms with Crippen molar-refractivity contribution < 1.29 is 13.2 Å². The van der Waals surface area contributed by atoms with E-state index in [-0.39, 0.29) is 11.4 Å². The molecule has 0 unspecified atom stereocenters. The lowest BCUT2D eigenvalue weighted by Crippen LogP contribution is -2.25. The molecule has 43 heavy (non-hydrogen) atoms. The number of halogens is 3. The molecule has 2 saturated carbocycles. The molecule has 3 aromatic carbocycles. The van der Waals surface area contributed by atoms with Gasteiger partial charge in [0.1, 0.15) is 5.82 Å². The maximum Gasteiger partial charge on any atom is 0.166 e. The molecule has 0 saturated heterocycles. The summed E-state index contributed by atoms with van der Waals surface area (Å²) in [7, 11) is 0. The van der Waals surface area contributed by atoms with Crippen molar-refractivity contribution in [2.75, 3.05) is 0 Å². The Morgan fingerprint density at radius 1 is 0.581 bits per heavy atom. The smallest absolute Gasteiger partial charge is 0.166 e. The van der Waals surface area contributed by atoms with Crippen LogP contribution in [0.3, 0.4) is 0 Å². The van der Waals surface area contributed by atoms with Gasteiger partial charge in [-0.25, -0.2) is 13.2 Å². The average Bonchev–Trinajstić information content (AvgIpc) is 3.04. The molecule has 0 radical (unpaired) electrons. The van der Waals surface area contributed by atoms with Crippen molar-refractivity contribution in [2.45, 2.75) is 122 Å². The van der Waals surface area contributed by atoms with Crippen LogP contribution in [0.5, 0.6) is 0 Å². The van der Waals surface area contributed by atoms with Gasteiger partial charge >= 0.3 is 0 Å². The van der Waals surface area contributed by atoms with Crippen LogP contribution >= 0.6 is 0 Å². The summed E-state index contributed by atoms with van der Waals surface area (Å²) in [6, 6.07) is 16.3. The van der Waals surface area contributed by atoms with Gasteiger partial charge in [0.05, 0.1) is 0 Å². The van der Waals surface area contributed by atoms with E-state index >= 15 is 4.39 Å². The first-order valence-corrected chi connectivity index (χ1v) is 17.4. The summed E-state index contributed by atoms with van der Waals surface area (Å²) < 4.78 is 44.7. The van der Waals surface area contributed by atoms with Gasteiger partial charge in [0, 0.05) is 5.56 Å². The van der Waals surface area contributed by atoms with E-state index in [1.807, 2.05) is 31.2 Å². The molecule has 3 aromatic rings. The van der Waals surface area contributed by atoms with E-state index in [2.05, 4.69) is 6.92 Å². The molecule has 3 heteroatoms. The van der Waals surface area contributed by atoms with Gasteiger partial charge in [-0.15, -0.1) is 0 Å². The minimum absolute atomic E-state index is 0.121. The normalized spacial score (nSPS) is 22.5. The van der Waals surface area contributed by atoms with Gasteiger partial charge in [-0.1, -0.05) is 120 Å². The van der Waals surface area contributed by atoms with Crippen LogP contribution in [0.4, 0.5) is 13.2 Å². The third-order valence-electron chi connectivity index (χ3n) is 10.7. The lowest BCUT2D eigenvalue weighted by Gasteiger charge is -2.38. The van der Waals surface area contributed by atoms with Crippen molar-refractivity contribution in [2.24, 2.45) is 17.8 Å². The summed E-state index contributed by atoms with van der Waals surface area (Å²) in [5, 5.41) is 0. The molecule has 0 spiro atoms. The van der Waals surface area contributed by atoms with E-state index in [4.69, 9.17) is 0 Å². The van der Waals surface area contributed by atoms with E-state index < -0.39 is 11.6 Å². The zero-order chi connectivity index (χ0) is 30.2. The van der Waals surface area contributed by atoms with Gasteiger partial charge in [-0.3, -0.25) is 0 Å². The molecular weight excluding hydrogens is 537 g/mol. The van der Waals surface area contributed by atoms with Crippen molar-refractivity contribution in [3.8, 4) is 22.3 Å². The Morgan fingerprint density at radius 3 is 1.86 bits per heavy atom. The first kappa shape index (κ1) is 31.9. The van der Waals surface area contributed by atoms with E-state index in [0.717, 1.165) is 53.7 Å². The minimum Gasteiger partial charge on any atom is -0.207 e. The number of hydrogen-bond acceptors (Lipinski definition) is 0. The fourth-order valence-electron chi connectivity index (χ4n) is 8.04. The molecule has 2 aliphatic rings. The maximum atomic E-state index is 15.4. The molecule has 2 fully saturated rings. The third-order valence-corrected chi connectivity index (χ3v) is 10.7. The monoisotopic (exact) mass is 588 g/mol. The largest absolute Gasteiger partial charge is 0.207 e. The molecule has 0 atom stereocenters. The molecule has 232 valence electrons. The summed E-state index contributed by atoms with van der Waals surface area (Å²) in [5.74, 6) is 1.29. The van der Waals surface area contributed by atoms with Crippen molar-refractivity contribution in [1.82, 2.24) is 0 Å². The van der Waals surface area contributed by atoms with Crippen LogP contribution < -0.4 is 0 Å². The Kier molecular flexibility index (Phi) is 11.4. The summed E-state index contributed by atoms with van der Waals surface area (Å²) in [5.41, 5.74) is 3.83. The van der Waals surface area contributed by atoms with Gasteiger partial charge in [0.25, 0.3) is 0 Å². The van der Waals surface area contributed by atoms with Gasteiger partial charge in [0.2, 0.25) is 0 Å². The van der Waals surface area contributed by atoms with E-state index in [0.29, 0.717) is 23.5 Å². The number of hydrogen-bond donors (Lipinski definition) is 0. The second kappa shape index (κ2) is 15.4. The molecule has 0 heterocycles. The molecule has 0 aliphatic heterocycles. The van der Waals surface area contributed by atoms with E-state index in [1.165, 1.54) is 77.0 Å². The topological polar surface area (TPSA) is 0 Å². The predicted octanol–water partition coefficient (Wildman–Crippen LogP) is 12.8. The van der Waals surface area contributed by atoms with Gasteiger partial charge in [0.15, 0.2) is 11.6 Å². The van der Waals surface area contributed by atoms with E-state index in [9.17, 15) is 8.78 Å². The second-order valence-electron chi connectivity index (χ2n) is 13.6. The summed E-state index contributed by atoms with van der Waals surface area (Å²) in [6.07, 6.45) is 20.0. The van der Waals surface area contributed by atoms with Crippen LogP contribution in [0.1, 0.15) is 127 Å². The molecule has 5 rings (SSSR count). The van der Waals surface area contributed by atoms with Crippen LogP contribution in [-0.4, -0.2) is 0 Å². The Balaban J connectivity index is 1.13. The van der Waals surface area contributed by atoms with Crippen molar-refractivity contribution in [3.63, 3.8) is 0 Å². The SMILES string of the molecule is CCCCCCCC1CCC(C2CCC(c3ccc(-c4ccc(-c5ccc(CCC)c(F)c5F)cc4)cc3F)CC2)CC1. The molecule has 0 amide bonds. The Bertz CT molecular complexity index is 1290. The van der Waals surface area contributed by atoms with Crippen LogP contribution in [0.2, 0.25) is 0 Å². The van der Waals surface area contributed by atoms with Crippen molar-refractivity contribution in [1.29, 1.82) is 0 Å². The molecule has 0 bridgehead atoms. The van der Waals surface area contributed by atoms with Gasteiger partial charge in [-0.05, 0) is 103 Å². The van der Waals surface area contributed by atoms with Crippen LogP contribution in [-0.2, 0) is 6.42 Å². The number of benzene rings is 3. The number of rotatable bonds is 12. The molecule has 0 N–H and O–H groups in total. The summed E-state index contributed by atoms with van der Waals surface area (Å²) in [6.45, 7) is 4.24. The van der Waals surface area contributed by atoms with Crippen LogP contribution in [0.25, 0.3) is 22.3 Å². The molecule has 0 nitrogen and oxygen atoms in total. The highest BCUT2D eigenvalue weighted by atomic mass is 19.2. The van der Waals surface area contributed by atoms with Crippen molar-refractivity contribution in [3.05, 3.63) is 83.2 Å². The number of unbranched alkanes of at least 4 members (excludes halogenated alkanes) is 4. The zero-order valence-electron chi connectivity index (χ0n) is 26.5. The van der Waals surface area contributed by atoms with E-state index in [1.54, 1.807) is 30.3 Å². The second-order valence-corrected chi connectivity index (χ2v) is 13.6. The third kappa shape index (κ3) is 7.95. The quantitative estimate of drug-likeness (QED) is 0.185. The Labute approximate surface area is 258 Å². The first-order valence-electron chi connectivity index (χ1n) is 17.4. The minimum atomic E-state index is -0.801. The highest BCUT2D eigenvalue weighted by Gasteiger charge is 2.32. The van der Waals surface area contributed by atoms with Crippen molar-refractivity contribution >= 4 is 0 Å². The van der Waals surface area contributed by atoms with Crippen LogP contribution in [0, 0.1) is 35.2 Å². The average molecular weight is 589 g/mol. The highest BCUT2D eigenvalue weighted by molar-refractivity contribution is 5.71. The number of aryl methyl sites for hydroxylation is 1. The first-order chi connectivity index (χ1) is 21.0. The maximum absolute atomic E-state index is 15.4. The lowest BCUT2D eigenvalue weighted by molar-refractivity contribution is 0.155. The Morgan fingerprint density at radius 2 is 1.21 bits per heavy atom. The standard InChI is InChI=1S/C40H51F3/c1-3-5-6-7-8-10-28-11-13-29(14-12-28)30-15-19-32(20-16-30)36-25-24-35(27-38(36)41)31-17-21-33(22-18-31)37-26-23-34(9-4-2)39(42)40(37)43/h17-18,21-30,32H,3-16,19-20H2,1-2H3. The lowest BCUT2D eigenvalue weighted by atomic mass is 9.68. The molecular formula is C40H51F3. The zero-order valence-corrected chi connectivity index (χ0v) is 26.5. The molecule has 0 aromatic heterocycles. The Hall–Kier alpha value is -2.55. The highest BCUT2D eigenvalue weighted by Crippen LogP contribution is 2.45. The van der Waals surface area contributed by atoms with Gasteiger partial charge < -0.3 is 0 Å². The van der Waals surface area contributed by atoms with Gasteiger partial charge in [-0.2, -0.15) is 0 Å². The molecule has 2 aliphatic carbocycles. The fourth-order valence-corrected chi connectivity index (χ4v) is 8.04.